The van der Waals surface area contributed by atoms with Crippen molar-refractivity contribution in [2.24, 2.45) is 0 Å². The van der Waals surface area contributed by atoms with Gasteiger partial charge in [0.05, 0.1) is 17.9 Å². The molecule has 0 spiro atoms. The summed E-state index contributed by atoms with van der Waals surface area (Å²) >= 11 is 0. The van der Waals surface area contributed by atoms with Gasteiger partial charge in [-0.2, -0.15) is 13.2 Å². The molecule has 0 aliphatic rings. The molecular weight excluding hydrogens is 275 g/mol. The molecule has 0 aromatic heterocycles. The van der Waals surface area contributed by atoms with Gasteiger partial charge in [0.15, 0.2) is 6.61 Å². The first-order chi connectivity index (χ1) is 9.34. The van der Waals surface area contributed by atoms with Gasteiger partial charge in [-0.1, -0.05) is 13.3 Å². The predicted octanol–water partition coefficient (Wildman–Crippen LogP) is 3.01. The topological polar surface area (TPSA) is 61.5 Å². The maximum absolute atomic E-state index is 12.4. The Morgan fingerprint density at radius 2 is 2.05 bits per heavy atom. The Labute approximate surface area is 114 Å². The number of hydrogen-bond acceptors (Lipinski definition) is 4. The molecule has 0 aliphatic heterocycles. The standard InChI is InChI=1S/C13H16F3NO3/c1-2-3-6-19-12(18)8-20-11-5-4-9(7-10(11)17)13(14,15)16/h4-5,7H,2-3,6,8,17H2,1H3. The molecule has 0 heterocycles. The second-order valence-electron chi connectivity index (χ2n) is 4.11. The molecule has 0 fully saturated rings. The summed E-state index contributed by atoms with van der Waals surface area (Å²) in [6.45, 7) is 1.85. The Hall–Kier alpha value is -1.92. The Kier molecular flexibility index (Phi) is 5.66. The number of benzene rings is 1. The molecule has 4 nitrogen and oxygen atoms in total. The van der Waals surface area contributed by atoms with Crippen molar-refractivity contribution in [1.82, 2.24) is 0 Å². The molecule has 0 bridgehead atoms. The lowest BCUT2D eigenvalue weighted by Gasteiger charge is -2.11. The maximum Gasteiger partial charge on any atom is 0.416 e. The number of nitrogens with two attached hydrogens (primary N) is 1. The lowest BCUT2D eigenvalue weighted by molar-refractivity contribution is -0.146. The number of carbonyl (C=O) groups excluding carboxylic acids is 1. The van der Waals surface area contributed by atoms with Gasteiger partial charge in [0.1, 0.15) is 5.75 Å². The number of rotatable bonds is 6. The minimum absolute atomic E-state index is 0.0189. The molecule has 2 N–H and O–H groups in total. The quantitative estimate of drug-likeness (QED) is 0.497. The van der Waals surface area contributed by atoms with E-state index in [1.807, 2.05) is 6.92 Å². The zero-order valence-electron chi connectivity index (χ0n) is 11.0. The minimum atomic E-state index is -4.47. The molecule has 0 radical (unpaired) electrons. The normalized spacial score (nSPS) is 11.2. The first-order valence-corrected chi connectivity index (χ1v) is 6.09. The predicted molar refractivity (Wildman–Crippen MR) is 67.2 cm³/mol. The Morgan fingerprint density at radius 1 is 1.35 bits per heavy atom. The molecule has 1 aromatic carbocycles. The monoisotopic (exact) mass is 291 g/mol. The van der Waals surface area contributed by atoms with E-state index in [-0.39, 0.29) is 18.0 Å². The minimum Gasteiger partial charge on any atom is -0.480 e. The van der Waals surface area contributed by atoms with Crippen molar-refractivity contribution in [3.8, 4) is 5.75 Å². The molecular formula is C13H16F3NO3. The van der Waals surface area contributed by atoms with Crippen molar-refractivity contribution < 1.29 is 27.4 Å². The largest absolute Gasteiger partial charge is 0.480 e. The van der Waals surface area contributed by atoms with Gasteiger partial charge in [0.25, 0.3) is 0 Å². The van der Waals surface area contributed by atoms with Crippen molar-refractivity contribution in [3.63, 3.8) is 0 Å². The number of halogens is 3. The van der Waals surface area contributed by atoms with Gasteiger partial charge in [-0.3, -0.25) is 0 Å². The number of carbonyl (C=O) groups is 1. The molecule has 0 atom stereocenters. The van der Waals surface area contributed by atoms with Gasteiger partial charge in [-0.15, -0.1) is 0 Å². The molecule has 0 saturated heterocycles. The third-order valence-electron chi connectivity index (χ3n) is 2.44. The number of ether oxygens (including phenoxy) is 2. The molecule has 0 unspecified atom stereocenters. The Balaban J connectivity index is 2.55. The third kappa shape index (κ3) is 4.99. The van der Waals surface area contributed by atoms with Gasteiger partial charge >= 0.3 is 12.1 Å². The fraction of sp³-hybridized carbons (Fsp3) is 0.462. The van der Waals surface area contributed by atoms with Gasteiger partial charge in [-0.05, 0) is 24.6 Å². The zero-order valence-corrected chi connectivity index (χ0v) is 11.0. The lowest BCUT2D eigenvalue weighted by atomic mass is 10.2. The summed E-state index contributed by atoms with van der Waals surface area (Å²) in [5, 5.41) is 0. The molecule has 112 valence electrons. The van der Waals surface area contributed by atoms with Gasteiger partial charge in [0.2, 0.25) is 0 Å². The van der Waals surface area contributed by atoms with Crippen LogP contribution in [-0.4, -0.2) is 19.2 Å². The zero-order chi connectivity index (χ0) is 15.2. The molecule has 0 saturated carbocycles. The highest BCUT2D eigenvalue weighted by atomic mass is 19.4. The van der Waals surface area contributed by atoms with E-state index >= 15 is 0 Å². The van der Waals surface area contributed by atoms with Crippen LogP contribution in [0.25, 0.3) is 0 Å². The highest BCUT2D eigenvalue weighted by molar-refractivity contribution is 5.71. The fourth-order valence-corrected chi connectivity index (χ4v) is 1.36. The first kappa shape index (κ1) is 16.1. The first-order valence-electron chi connectivity index (χ1n) is 6.09. The highest BCUT2D eigenvalue weighted by Gasteiger charge is 2.30. The average Bonchev–Trinajstić information content (AvgIpc) is 2.36. The highest BCUT2D eigenvalue weighted by Crippen LogP contribution is 2.33. The fourth-order valence-electron chi connectivity index (χ4n) is 1.36. The number of esters is 1. The van der Waals surface area contributed by atoms with Crippen LogP contribution >= 0.6 is 0 Å². The number of alkyl halides is 3. The van der Waals surface area contributed by atoms with Gasteiger partial charge < -0.3 is 15.2 Å². The van der Waals surface area contributed by atoms with E-state index in [0.717, 1.165) is 31.0 Å². The van der Waals surface area contributed by atoms with Crippen molar-refractivity contribution in [3.05, 3.63) is 23.8 Å². The van der Waals surface area contributed by atoms with Crippen molar-refractivity contribution in [1.29, 1.82) is 0 Å². The molecule has 20 heavy (non-hydrogen) atoms. The lowest BCUT2D eigenvalue weighted by Crippen LogP contribution is -2.16. The van der Waals surface area contributed by atoms with Crippen LogP contribution in [0.3, 0.4) is 0 Å². The SMILES string of the molecule is CCCCOC(=O)COc1ccc(C(F)(F)F)cc1N. The van der Waals surface area contributed by atoms with Crippen LogP contribution in [0, 0.1) is 0 Å². The molecule has 0 aliphatic carbocycles. The summed E-state index contributed by atoms with van der Waals surface area (Å²) in [6, 6.07) is 2.68. The maximum atomic E-state index is 12.4. The summed E-state index contributed by atoms with van der Waals surface area (Å²) < 4.78 is 47.1. The number of anilines is 1. The Morgan fingerprint density at radius 3 is 2.60 bits per heavy atom. The number of nitrogen functional groups attached to an aromatic ring is 1. The average molecular weight is 291 g/mol. The number of unbranched alkanes of at least 4 members (excludes halogenated alkanes) is 1. The third-order valence-corrected chi connectivity index (χ3v) is 2.44. The number of hydrogen-bond donors (Lipinski definition) is 1. The van der Waals surface area contributed by atoms with Crippen LogP contribution in [0.1, 0.15) is 25.3 Å². The van der Waals surface area contributed by atoms with Crippen LogP contribution < -0.4 is 10.5 Å². The van der Waals surface area contributed by atoms with Crippen LogP contribution in [-0.2, 0) is 15.7 Å². The van der Waals surface area contributed by atoms with E-state index in [1.165, 1.54) is 0 Å². The van der Waals surface area contributed by atoms with Crippen molar-refractivity contribution in [2.45, 2.75) is 25.9 Å². The molecule has 1 rings (SSSR count). The summed E-state index contributed by atoms with van der Waals surface area (Å²) in [5.74, 6) is -0.566. The second kappa shape index (κ2) is 7.02. The van der Waals surface area contributed by atoms with Crippen LogP contribution in [0.4, 0.5) is 18.9 Å². The van der Waals surface area contributed by atoms with Crippen molar-refractivity contribution >= 4 is 11.7 Å². The summed E-state index contributed by atoms with van der Waals surface area (Å²) in [5.41, 5.74) is 4.40. The molecule has 1 aromatic rings. The smallest absolute Gasteiger partial charge is 0.416 e. The van der Waals surface area contributed by atoms with E-state index in [2.05, 4.69) is 0 Å². The molecule has 7 heteroatoms. The van der Waals surface area contributed by atoms with E-state index in [4.69, 9.17) is 15.2 Å². The second-order valence-corrected chi connectivity index (χ2v) is 4.11. The van der Waals surface area contributed by atoms with Gasteiger partial charge in [-0.25, -0.2) is 4.79 Å². The van der Waals surface area contributed by atoms with Crippen LogP contribution in [0.2, 0.25) is 0 Å². The summed E-state index contributed by atoms with van der Waals surface area (Å²) in [7, 11) is 0. The Bertz CT molecular complexity index is 461. The summed E-state index contributed by atoms with van der Waals surface area (Å²) in [6.07, 6.45) is -2.83. The molecule has 0 amide bonds. The van der Waals surface area contributed by atoms with Crippen LogP contribution in [0.15, 0.2) is 18.2 Å². The van der Waals surface area contributed by atoms with Crippen molar-refractivity contribution in [2.75, 3.05) is 18.9 Å². The van der Waals surface area contributed by atoms with E-state index < -0.39 is 17.7 Å². The van der Waals surface area contributed by atoms with E-state index in [9.17, 15) is 18.0 Å². The van der Waals surface area contributed by atoms with Gasteiger partial charge in [0, 0.05) is 0 Å². The van der Waals surface area contributed by atoms with Crippen LogP contribution in [0.5, 0.6) is 5.75 Å². The summed E-state index contributed by atoms with van der Waals surface area (Å²) in [4.78, 5) is 11.3. The van der Waals surface area contributed by atoms with E-state index in [1.54, 1.807) is 0 Å². The van der Waals surface area contributed by atoms with E-state index in [0.29, 0.717) is 6.61 Å².